The second-order valence-electron chi connectivity index (χ2n) is 6.24. The van der Waals surface area contributed by atoms with E-state index in [1.54, 1.807) is 27.7 Å². The highest BCUT2D eigenvalue weighted by atomic mass is 16.6. The van der Waals surface area contributed by atoms with Gasteiger partial charge in [-0.1, -0.05) is 12.8 Å². The van der Waals surface area contributed by atoms with Gasteiger partial charge in [-0.2, -0.15) is 0 Å². The van der Waals surface area contributed by atoms with Gasteiger partial charge in [-0.3, -0.25) is 4.79 Å². The van der Waals surface area contributed by atoms with Gasteiger partial charge in [0.05, 0.1) is 0 Å². The molecule has 5 nitrogen and oxygen atoms in total. The fourth-order valence-corrected chi connectivity index (χ4v) is 1.71. The normalized spacial score (nSPS) is 16.6. The number of hydrogen-bond acceptors (Lipinski definition) is 3. The zero-order chi connectivity index (χ0) is 14.5. The van der Waals surface area contributed by atoms with Crippen molar-refractivity contribution in [3.05, 3.63) is 0 Å². The van der Waals surface area contributed by atoms with Crippen molar-refractivity contribution in [2.75, 3.05) is 6.54 Å². The number of carbonyl (C=O) groups is 2. The van der Waals surface area contributed by atoms with Crippen LogP contribution in [0.5, 0.6) is 0 Å². The van der Waals surface area contributed by atoms with Crippen molar-refractivity contribution >= 4 is 12.0 Å². The van der Waals surface area contributed by atoms with Gasteiger partial charge in [0.15, 0.2) is 0 Å². The summed E-state index contributed by atoms with van der Waals surface area (Å²) in [4.78, 5) is 23.2. The summed E-state index contributed by atoms with van der Waals surface area (Å²) in [6.07, 6.45) is 4.31. The lowest BCUT2D eigenvalue weighted by Crippen LogP contribution is -2.46. The highest BCUT2D eigenvalue weighted by molar-refractivity contribution is 5.85. The van der Waals surface area contributed by atoms with Gasteiger partial charge in [0.25, 0.3) is 0 Å². The van der Waals surface area contributed by atoms with Gasteiger partial charge in [0.1, 0.15) is 11.6 Å². The minimum Gasteiger partial charge on any atom is -0.444 e. The molecule has 1 atom stereocenters. The molecule has 0 heterocycles. The molecule has 0 radical (unpaired) electrons. The highest BCUT2D eigenvalue weighted by Gasteiger charge is 2.22. The molecule has 0 saturated heterocycles. The van der Waals surface area contributed by atoms with Crippen molar-refractivity contribution < 1.29 is 14.3 Å². The van der Waals surface area contributed by atoms with Crippen LogP contribution in [-0.4, -0.2) is 30.2 Å². The van der Waals surface area contributed by atoms with Crippen LogP contribution in [0, 0.1) is 5.92 Å². The van der Waals surface area contributed by atoms with E-state index in [9.17, 15) is 9.59 Å². The summed E-state index contributed by atoms with van der Waals surface area (Å²) >= 11 is 0. The molecule has 2 N–H and O–H groups in total. The van der Waals surface area contributed by atoms with E-state index in [2.05, 4.69) is 10.6 Å². The third-order valence-electron chi connectivity index (χ3n) is 2.91. The lowest BCUT2D eigenvalue weighted by molar-refractivity contribution is -0.122. The van der Waals surface area contributed by atoms with Gasteiger partial charge in [0.2, 0.25) is 5.91 Å². The zero-order valence-electron chi connectivity index (χ0n) is 12.4. The summed E-state index contributed by atoms with van der Waals surface area (Å²) < 4.78 is 5.09. The van der Waals surface area contributed by atoms with E-state index in [0.717, 1.165) is 12.3 Å². The average molecular weight is 270 g/mol. The third kappa shape index (κ3) is 7.70. The Labute approximate surface area is 115 Å². The van der Waals surface area contributed by atoms with E-state index >= 15 is 0 Å². The number of carbonyl (C=O) groups excluding carboxylic acids is 2. The quantitative estimate of drug-likeness (QED) is 0.727. The molecule has 0 aliphatic heterocycles. The fourth-order valence-electron chi connectivity index (χ4n) is 1.71. The summed E-state index contributed by atoms with van der Waals surface area (Å²) in [6, 6.07) is -0.573. The Balaban J connectivity index is 2.14. The van der Waals surface area contributed by atoms with Crippen LogP contribution in [0.3, 0.4) is 0 Å². The zero-order valence-corrected chi connectivity index (χ0v) is 12.4. The smallest absolute Gasteiger partial charge is 0.408 e. The van der Waals surface area contributed by atoms with Crippen LogP contribution in [0.2, 0.25) is 0 Å². The van der Waals surface area contributed by atoms with Crippen LogP contribution in [0.4, 0.5) is 4.79 Å². The molecule has 2 amide bonds. The number of rotatable bonds is 6. The maximum atomic E-state index is 11.7. The van der Waals surface area contributed by atoms with E-state index in [4.69, 9.17) is 4.74 Å². The van der Waals surface area contributed by atoms with E-state index in [-0.39, 0.29) is 5.91 Å². The van der Waals surface area contributed by atoms with Crippen LogP contribution < -0.4 is 10.6 Å². The topological polar surface area (TPSA) is 67.4 Å². The molecule has 0 aromatic heterocycles. The number of nitrogens with one attached hydrogen (secondary N) is 2. The number of alkyl carbamates (subject to hydrolysis) is 1. The van der Waals surface area contributed by atoms with Crippen LogP contribution in [0.1, 0.15) is 53.4 Å². The first kappa shape index (κ1) is 15.8. The van der Waals surface area contributed by atoms with Gasteiger partial charge in [-0.15, -0.1) is 0 Å². The monoisotopic (exact) mass is 270 g/mol. The second-order valence-corrected chi connectivity index (χ2v) is 6.24. The largest absolute Gasteiger partial charge is 0.444 e. The molecule has 1 aliphatic rings. The van der Waals surface area contributed by atoms with E-state index in [1.807, 2.05) is 0 Å². The molecule has 1 saturated carbocycles. The van der Waals surface area contributed by atoms with Crippen molar-refractivity contribution in [3.63, 3.8) is 0 Å². The average Bonchev–Trinajstić information content (AvgIpc) is 3.04. The molecule has 1 rings (SSSR count). The van der Waals surface area contributed by atoms with Gasteiger partial charge < -0.3 is 15.4 Å². The first-order valence-electron chi connectivity index (χ1n) is 7.05. The van der Waals surface area contributed by atoms with Gasteiger partial charge in [-0.25, -0.2) is 4.79 Å². The minimum absolute atomic E-state index is 0.165. The second kappa shape index (κ2) is 6.78. The first-order chi connectivity index (χ1) is 8.78. The van der Waals surface area contributed by atoms with Crippen molar-refractivity contribution in [2.45, 2.75) is 65.0 Å². The molecule has 19 heavy (non-hydrogen) atoms. The molecular weight excluding hydrogens is 244 g/mol. The SMILES string of the molecule is CC(NC(=O)OC(C)(C)C)C(=O)NCCCC1CC1. The maximum Gasteiger partial charge on any atom is 0.408 e. The predicted octanol–water partition coefficient (Wildman–Crippen LogP) is 2.21. The van der Waals surface area contributed by atoms with Crippen LogP contribution in [0.25, 0.3) is 0 Å². The highest BCUT2D eigenvalue weighted by Crippen LogP contribution is 2.33. The Morgan fingerprint density at radius 2 is 1.95 bits per heavy atom. The first-order valence-corrected chi connectivity index (χ1v) is 7.05. The number of ether oxygens (including phenoxy) is 1. The molecule has 0 spiro atoms. The Hall–Kier alpha value is -1.26. The van der Waals surface area contributed by atoms with Gasteiger partial charge in [-0.05, 0) is 46.5 Å². The Morgan fingerprint density at radius 3 is 2.47 bits per heavy atom. The summed E-state index contributed by atoms with van der Waals surface area (Å²) in [6.45, 7) is 7.69. The number of hydrogen-bond donors (Lipinski definition) is 2. The maximum absolute atomic E-state index is 11.7. The molecular formula is C14H26N2O3. The number of amides is 2. The molecule has 5 heteroatoms. The van der Waals surface area contributed by atoms with E-state index in [0.29, 0.717) is 6.54 Å². The molecule has 0 aromatic carbocycles. The molecule has 110 valence electrons. The summed E-state index contributed by atoms with van der Waals surface area (Å²) in [5.41, 5.74) is -0.551. The summed E-state index contributed by atoms with van der Waals surface area (Å²) in [5.74, 6) is 0.718. The van der Waals surface area contributed by atoms with Crippen molar-refractivity contribution in [1.29, 1.82) is 0 Å². The van der Waals surface area contributed by atoms with Crippen LogP contribution in [-0.2, 0) is 9.53 Å². The predicted molar refractivity (Wildman–Crippen MR) is 73.8 cm³/mol. The minimum atomic E-state index is -0.573. The fraction of sp³-hybridized carbons (Fsp3) is 0.857. The van der Waals surface area contributed by atoms with Crippen LogP contribution >= 0.6 is 0 Å². The van der Waals surface area contributed by atoms with Crippen molar-refractivity contribution in [2.24, 2.45) is 5.92 Å². The Kier molecular flexibility index (Phi) is 5.63. The molecule has 0 bridgehead atoms. The Morgan fingerprint density at radius 1 is 1.32 bits per heavy atom. The Bertz CT molecular complexity index is 319. The third-order valence-corrected chi connectivity index (χ3v) is 2.91. The standard InChI is InChI=1S/C14H26N2O3/c1-10(16-13(18)19-14(2,3)4)12(17)15-9-5-6-11-7-8-11/h10-11H,5-9H2,1-4H3,(H,15,17)(H,16,18). The lowest BCUT2D eigenvalue weighted by Gasteiger charge is -2.21. The van der Waals surface area contributed by atoms with Gasteiger partial charge >= 0.3 is 6.09 Å². The molecule has 0 aromatic rings. The van der Waals surface area contributed by atoms with E-state index in [1.165, 1.54) is 19.3 Å². The van der Waals surface area contributed by atoms with E-state index < -0.39 is 17.7 Å². The lowest BCUT2D eigenvalue weighted by atomic mass is 10.2. The molecule has 1 aliphatic carbocycles. The van der Waals surface area contributed by atoms with Gasteiger partial charge in [0, 0.05) is 6.54 Å². The molecule has 1 fully saturated rings. The molecule has 1 unspecified atom stereocenters. The summed E-state index contributed by atoms with van der Waals surface area (Å²) in [5, 5.41) is 5.35. The summed E-state index contributed by atoms with van der Waals surface area (Å²) in [7, 11) is 0. The van der Waals surface area contributed by atoms with Crippen LogP contribution in [0.15, 0.2) is 0 Å². The van der Waals surface area contributed by atoms with Crippen molar-refractivity contribution in [3.8, 4) is 0 Å². The van der Waals surface area contributed by atoms with Crippen molar-refractivity contribution in [1.82, 2.24) is 10.6 Å².